The Balaban J connectivity index is 2.89. The van der Waals surface area contributed by atoms with Gasteiger partial charge in [-0.2, -0.15) is 0 Å². The Bertz CT molecular complexity index is 532. The highest BCUT2D eigenvalue weighted by atomic mass is 127. The molecule has 1 aromatic rings. The Kier molecular flexibility index (Phi) is 10.7. The Morgan fingerprint density at radius 2 is 1.83 bits per heavy atom. The molecule has 1 aromatic carbocycles. The summed E-state index contributed by atoms with van der Waals surface area (Å²) >= 11 is 6.65. The van der Waals surface area contributed by atoms with Gasteiger partial charge in [0.1, 0.15) is 5.75 Å². The molecule has 1 rings (SSSR count). The van der Waals surface area contributed by atoms with E-state index in [2.05, 4.69) is 81.6 Å². The van der Waals surface area contributed by atoms with Crippen molar-refractivity contribution in [2.24, 2.45) is 0 Å². The lowest BCUT2D eigenvalue weighted by Crippen LogP contribution is -2.16. The van der Waals surface area contributed by atoms with Crippen molar-refractivity contribution >= 4 is 73.7 Å². The molecule has 0 aliphatic carbocycles. The highest BCUT2D eigenvalue weighted by Crippen LogP contribution is 2.35. The molecular weight excluding hydrogens is 633 g/mol. The third-order valence-electron chi connectivity index (χ3n) is 3.39. The molecule has 0 aliphatic heterocycles. The van der Waals surface area contributed by atoms with Gasteiger partial charge in [-0.1, -0.05) is 26.2 Å². The second-order valence-corrected chi connectivity index (χ2v) is 8.76. The number of esters is 1. The van der Waals surface area contributed by atoms with Crippen molar-refractivity contribution < 1.29 is 14.3 Å². The molecule has 1 atom stereocenters. The minimum Gasteiger partial charge on any atom is -0.488 e. The van der Waals surface area contributed by atoms with Crippen LogP contribution in [0.25, 0.3) is 0 Å². The summed E-state index contributed by atoms with van der Waals surface area (Å²) in [5.41, 5.74) is 0.613. The van der Waals surface area contributed by atoms with Gasteiger partial charge >= 0.3 is 5.97 Å². The summed E-state index contributed by atoms with van der Waals surface area (Å²) in [7, 11) is 0. The average molecular weight is 656 g/mol. The van der Waals surface area contributed by atoms with Crippen LogP contribution in [-0.4, -0.2) is 18.7 Å². The fourth-order valence-corrected chi connectivity index (χ4v) is 6.26. The molecule has 0 aliphatic rings. The van der Waals surface area contributed by atoms with Crippen LogP contribution < -0.4 is 4.74 Å². The molecule has 0 spiro atoms. The molecule has 0 heterocycles. The van der Waals surface area contributed by atoms with Crippen molar-refractivity contribution in [3.05, 3.63) is 22.3 Å². The quantitative estimate of drug-likeness (QED) is 0.175. The molecule has 0 bridgehead atoms. The fourth-order valence-electron chi connectivity index (χ4n) is 2.19. The number of carbonyl (C=O) groups is 1. The Labute approximate surface area is 180 Å². The Morgan fingerprint density at radius 3 is 2.43 bits per heavy atom. The number of unbranched alkanes of at least 4 members (excludes halogenated alkanes) is 3. The standard InChI is InChI=1S/C17H23I3O3/c1-4-6-7-8-9-11(3)23-16-13(19)10-12(18)14(15(16)20)17(21)22-5-2/h10-11H,4-9H2,1-3H3. The largest absolute Gasteiger partial charge is 0.488 e. The van der Waals surface area contributed by atoms with Crippen molar-refractivity contribution in [1.82, 2.24) is 0 Å². The number of ether oxygens (including phenoxy) is 2. The summed E-state index contributed by atoms with van der Waals surface area (Å²) in [5.74, 6) is 0.524. The van der Waals surface area contributed by atoms with Crippen LogP contribution >= 0.6 is 67.8 Å². The zero-order valence-electron chi connectivity index (χ0n) is 13.8. The molecule has 0 amide bonds. The van der Waals surface area contributed by atoms with Gasteiger partial charge < -0.3 is 9.47 Å². The van der Waals surface area contributed by atoms with Crippen molar-refractivity contribution in [1.29, 1.82) is 0 Å². The summed E-state index contributed by atoms with van der Waals surface area (Å²) in [4.78, 5) is 12.2. The molecule has 0 aromatic heterocycles. The van der Waals surface area contributed by atoms with Gasteiger partial charge in [-0.05, 0) is 101 Å². The van der Waals surface area contributed by atoms with Crippen molar-refractivity contribution in [3.63, 3.8) is 0 Å². The SMILES string of the molecule is CCCCCCC(C)Oc1c(I)cc(I)c(C(=O)OCC)c1I. The average Bonchev–Trinajstić information content (AvgIpc) is 2.48. The Morgan fingerprint density at radius 1 is 1.13 bits per heavy atom. The molecule has 1 unspecified atom stereocenters. The van der Waals surface area contributed by atoms with Crippen LogP contribution in [0.2, 0.25) is 0 Å². The maximum atomic E-state index is 12.2. The van der Waals surface area contributed by atoms with E-state index in [4.69, 9.17) is 9.47 Å². The van der Waals surface area contributed by atoms with Gasteiger partial charge in [0.25, 0.3) is 0 Å². The number of halogens is 3. The molecule has 130 valence electrons. The highest BCUT2D eigenvalue weighted by molar-refractivity contribution is 14.1. The molecule has 23 heavy (non-hydrogen) atoms. The maximum Gasteiger partial charge on any atom is 0.340 e. The van der Waals surface area contributed by atoms with E-state index in [1.165, 1.54) is 25.7 Å². The number of hydrogen-bond donors (Lipinski definition) is 0. The predicted molar refractivity (Wildman–Crippen MR) is 119 cm³/mol. The number of carbonyl (C=O) groups excluding carboxylic acids is 1. The van der Waals surface area contributed by atoms with Crippen molar-refractivity contribution in [2.45, 2.75) is 59.0 Å². The van der Waals surface area contributed by atoms with Crippen LogP contribution in [0.1, 0.15) is 63.2 Å². The summed E-state index contributed by atoms with van der Waals surface area (Å²) in [5, 5.41) is 0. The first-order chi connectivity index (χ1) is 10.9. The second-order valence-electron chi connectivity index (χ2n) is 5.36. The van der Waals surface area contributed by atoms with Gasteiger partial charge in [-0.15, -0.1) is 0 Å². The molecular formula is C17H23I3O3. The third kappa shape index (κ3) is 6.83. The normalized spacial score (nSPS) is 12.1. The van der Waals surface area contributed by atoms with E-state index in [9.17, 15) is 4.79 Å². The Hall–Kier alpha value is 0.680. The first-order valence-corrected chi connectivity index (χ1v) is 11.2. The van der Waals surface area contributed by atoms with Crippen LogP contribution in [0.15, 0.2) is 6.07 Å². The van der Waals surface area contributed by atoms with Crippen LogP contribution in [0.4, 0.5) is 0 Å². The minimum absolute atomic E-state index is 0.143. The summed E-state index contributed by atoms with van der Waals surface area (Å²) < 4.78 is 14.1. The molecule has 0 saturated heterocycles. The van der Waals surface area contributed by atoms with Crippen molar-refractivity contribution in [3.8, 4) is 5.75 Å². The topological polar surface area (TPSA) is 35.5 Å². The van der Waals surface area contributed by atoms with Crippen molar-refractivity contribution in [2.75, 3.05) is 6.61 Å². The van der Waals surface area contributed by atoms with Crippen LogP contribution in [0.3, 0.4) is 0 Å². The summed E-state index contributed by atoms with van der Waals surface area (Å²) in [6.45, 7) is 6.51. The van der Waals surface area contributed by atoms with E-state index in [-0.39, 0.29) is 12.1 Å². The fraction of sp³-hybridized carbons (Fsp3) is 0.588. The zero-order valence-corrected chi connectivity index (χ0v) is 20.2. The van der Waals surface area contributed by atoms with Gasteiger partial charge in [0, 0.05) is 3.57 Å². The first-order valence-electron chi connectivity index (χ1n) is 7.93. The minimum atomic E-state index is -0.279. The van der Waals surface area contributed by atoms with E-state index in [0.717, 1.165) is 22.9 Å². The van der Waals surface area contributed by atoms with Crippen LogP contribution in [-0.2, 0) is 4.74 Å². The van der Waals surface area contributed by atoms with Gasteiger partial charge in [0.2, 0.25) is 0 Å². The second kappa shape index (κ2) is 11.3. The number of benzene rings is 1. The van der Waals surface area contributed by atoms with Gasteiger partial charge in [0.15, 0.2) is 0 Å². The summed E-state index contributed by atoms with van der Waals surface area (Å²) in [6.07, 6.45) is 6.12. The molecule has 0 saturated carbocycles. The molecule has 6 heteroatoms. The summed E-state index contributed by atoms with van der Waals surface area (Å²) in [6, 6.07) is 1.98. The smallest absolute Gasteiger partial charge is 0.340 e. The van der Waals surface area contributed by atoms with E-state index < -0.39 is 0 Å². The zero-order chi connectivity index (χ0) is 17.4. The highest BCUT2D eigenvalue weighted by Gasteiger charge is 2.22. The molecule has 0 N–H and O–H groups in total. The molecule has 0 fully saturated rings. The van der Waals surface area contributed by atoms with Gasteiger partial charge in [0.05, 0.1) is 25.4 Å². The van der Waals surface area contributed by atoms with Crippen LogP contribution in [0.5, 0.6) is 5.75 Å². The molecule has 0 radical (unpaired) electrons. The maximum absolute atomic E-state index is 12.2. The van der Waals surface area contributed by atoms with E-state index >= 15 is 0 Å². The van der Waals surface area contributed by atoms with E-state index in [0.29, 0.717) is 12.2 Å². The lowest BCUT2D eigenvalue weighted by molar-refractivity contribution is 0.0522. The van der Waals surface area contributed by atoms with Gasteiger partial charge in [-0.3, -0.25) is 0 Å². The lowest BCUT2D eigenvalue weighted by Gasteiger charge is -2.19. The lowest BCUT2D eigenvalue weighted by atomic mass is 10.1. The van der Waals surface area contributed by atoms with Gasteiger partial charge in [-0.25, -0.2) is 4.79 Å². The number of rotatable bonds is 9. The first kappa shape index (κ1) is 21.7. The monoisotopic (exact) mass is 656 g/mol. The number of hydrogen-bond acceptors (Lipinski definition) is 3. The van der Waals surface area contributed by atoms with Crippen LogP contribution in [0, 0.1) is 10.7 Å². The van der Waals surface area contributed by atoms with E-state index in [1.54, 1.807) is 0 Å². The molecule has 3 nitrogen and oxygen atoms in total. The predicted octanol–water partition coefficient (Wildman–Crippen LogP) is 6.41. The van der Waals surface area contributed by atoms with E-state index in [1.807, 2.05) is 13.0 Å². The third-order valence-corrected chi connectivity index (χ3v) is 6.07.